The topological polar surface area (TPSA) is 93.2 Å². The van der Waals surface area contributed by atoms with Gasteiger partial charge in [0.15, 0.2) is 0 Å². The molecule has 8 nitrogen and oxygen atoms in total. The number of nitrogens with zero attached hydrogens (tertiary/aromatic N) is 2. The summed E-state index contributed by atoms with van der Waals surface area (Å²) in [5.41, 5.74) is 3.01. The van der Waals surface area contributed by atoms with Crippen molar-refractivity contribution < 1.29 is 28.7 Å². The first kappa shape index (κ1) is 30.0. The van der Waals surface area contributed by atoms with E-state index in [-0.39, 0.29) is 31.1 Å². The fourth-order valence-electron chi connectivity index (χ4n) is 6.04. The first-order valence-electron chi connectivity index (χ1n) is 15.1. The van der Waals surface area contributed by atoms with Crippen LogP contribution >= 0.6 is 0 Å². The summed E-state index contributed by atoms with van der Waals surface area (Å²) >= 11 is 0. The molecule has 8 heteroatoms. The van der Waals surface area contributed by atoms with E-state index in [0.29, 0.717) is 38.5 Å². The first-order chi connectivity index (χ1) is 20.9. The van der Waals surface area contributed by atoms with Crippen LogP contribution in [0, 0.1) is 11.8 Å². The molecule has 0 bridgehead atoms. The molecule has 0 aromatic heterocycles. The lowest BCUT2D eigenvalue weighted by Crippen LogP contribution is -2.45. The maximum atomic E-state index is 14.1. The Bertz CT molecular complexity index is 1400. The van der Waals surface area contributed by atoms with E-state index in [1.165, 1.54) is 9.80 Å². The third-order valence-corrected chi connectivity index (χ3v) is 8.41. The smallest absolute Gasteiger partial charge is 0.416 e. The molecule has 0 spiro atoms. The van der Waals surface area contributed by atoms with Gasteiger partial charge in [-0.2, -0.15) is 0 Å². The highest BCUT2D eigenvalue weighted by Gasteiger charge is 2.43. The SMILES string of the molecule is CC[C@@H](CC[C@H](Cc1ccccc1)C(=O)N1C(=O)OC[C@@H]1Cc1ccccc1)C(=O)N1C(=O)OC[C@@H]1Cc1ccccc1. The number of ether oxygens (including phenoxy) is 2. The summed E-state index contributed by atoms with van der Waals surface area (Å²) in [6.07, 6.45) is 1.49. The Morgan fingerprint density at radius 3 is 1.49 bits per heavy atom. The summed E-state index contributed by atoms with van der Waals surface area (Å²) in [5.74, 6) is -1.59. The van der Waals surface area contributed by atoms with E-state index >= 15 is 0 Å². The van der Waals surface area contributed by atoms with Crippen molar-refractivity contribution in [1.29, 1.82) is 0 Å². The van der Waals surface area contributed by atoms with Gasteiger partial charge in [0.25, 0.3) is 0 Å². The molecule has 4 amide bonds. The van der Waals surface area contributed by atoms with Gasteiger partial charge in [-0.05, 0) is 55.2 Å². The summed E-state index contributed by atoms with van der Waals surface area (Å²) in [6.45, 7) is 2.22. The van der Waals surface area contributed by atoms with Crippen molar-refractivity contribution in [3.63, 3.8) is 0 Å². The predicted molar refractivity (Wildman–Crippen MR) is 161 cm³/mol. The predicted octanol–water partition coefficient (Wildman–Crippen LogP) is 5.83. The van der Waals surface area contributed by atoms with Crippen LogP contribution in [0.3, 0.4) is 0 Å². The fourth-order valence-corrected chi connectivity index (χ4v) is 6.04. The molecule has 2 heterocycles. The molecule has 3 aromatic rings. The standard InChI is InChI=1S/C35H38N2O6/c1-2-28(32(38)36-30(23-42-34(36)40)21-26-14-8-4-9-15-26)18-19-29(20-25-12-6-3-7-13-25)33(39)37-31(24-43-35(37)41)22-27-16-10-5-11-17-27/h3-17,28-31H,2,18-24H2,1H3/t28-,29+,30-,31-/m0/s1. The fraction of sp³-hybridized carbons (Fsp3) is 0.371. The quantitative estimate of drug-likeness (QED) is 0.267. The molecule has 2 aliphatic heterocycles. The van der Waals surface area contributed by atoms with Gasteiger partial charge in [0.2, 0.25) is 11.8 Å². The van der Waals surface area contributed by atoms with Crippen LogP contribution in [0.4, 0.5) is 9.59 Å². The molecule has 0 unspecified atom stereocenters. The molecule has 43 heavy (non-hydrogen) atoms. The van der Waals surface area contributed by atoms with Crippen molar-refractivity contribution in [1.82, 2.24) is 9.80 Å². The number of carbonyl (C=O) groups excluding carboxylic acids is 4. The third kappa shape index (κ3) is 7.31. The second kappa shape index (κ2) is 14.1. The zero-order valence-electron chi connectivity index (χ0n) is 24.5. The molecule has 3 aromatic carbocycles. The molecule has 2 aliphatic rings. The Morgan fingerprint density at radius 2 is 1.05 bits per heavy atom. The van der Waals surface area contributed by atoms with E-state index in [1.807, 2.05) is 97.9 Å². The molecule has 0 aliphatic carbocycles. The van der Waals surface area contributed by atoms with E-state index in [0.717, 1.165) is 16.7 Å². The zero-order valence-corrected chi connectivity index (χ0v) is 24.5. The van der Waals surface area contributed by atoms with E-state index in [9.17, 15) is 19.2 Å². The van der Waals surface area contributed by atoms with E-state index in [2.05, 4.69) is 0 Å². The monoisotopic (exact) mass is 582 g/mol. The van der Waals surface area contributed by atoms with Crippen LogP contribution in [0.25, 0.3) is 0 Å². The molecular formula is C35H38N2O6. The van der Waals surface area contributed by atoms with Crippen LogP contribution in [-0.4, -0.2) is 59.1 Å². The van der Waals surface area contributed by atoms with Gasteiger partial charge in [-0.25, -0.2) is 19.4 Å². The van der Waals surface area contributed by atoms with Gasteiger partial charge in [0.1, 0.15) is 13.2 Å². The normalized spacial score (nSPS) is 19.6. The van der Waals surface area contributed by atoms with E-state index in [4.69, 9.17) is 9.47 Å². The van der Waals surface area contributed by atoms with E-state index < -0.39 is 30.1 Å². The Hall–Kier alpha value is -4.46. The van der Waals surface area contributed by atoms with E-state index in [1.54, 1.807) is 0 Å². The second-order valence-electron chi connectivity index (χ2n) is 11.3. The van der Waals surface area contributed by atoms with Crippen molar-refractivity contribution in [3.05, 3.63) is 108 Å². The minimum absolute atomic E-state index is 0.146. The number of imide groups is 2. The van der Waals surface area contributed by atoms with Gasteiger partial charge >= 0.3 is 12.2 Å². The summed E-state index contributed by atoms with van der Waals surface area (Å²) in [5, 5.41) is 0. The molecular weight excluding hydrogens is 544 g/mol. The molecule has 2 saturated heterocycles. The van der Waals surface area contributed by atoms with Crippen LogP contribution in [-0.2, 0) is 38.3 Å². The van der Waals surface area contributed by atoms with Crippen LogP contribution in [0.15, 0.2) is 91.0 Å². The Balaban J connectivity index is 1.31. The highest BCUT2D eigenvalue weighted by Crippen LogP contribution is 2.29. The van der Waals surface area contributed by atoms with Crippen LogP contribution < -0.4 is 0 Å². The minimum atomic E-state index is -0.629. The van der Waals surface area contributed by atoms with Gasteiger partial charge in [0, 0.05) is 11.8 Å². The second-order valence-corrected chi connectivity index (χ2v) is 11.3. The molecule has 5 rings (SSSR count). The van der Waals surface area contributed by atoms with Crippen molar-refractivity contribution in [3.8, 4) is 0 Å². The number of cyclic esters (lactones) is 2. The van der Waals surface area contributed by atoms with Crippen molar-refractivity contribution in [2.24, 2.45) is 11.8 Å². The number of hydrogen-bond acceptors (Lipinski definition) is 6. The van der Waals surface area contributed by atoms with Crippen LogP contribution in [0.1, 0.15) is 42.9 Å². The summed E-state index contributed by atoms with van der Waals surface area (Å²) < 4.78 is 10.7. The maximum absolute atomic E-state index is 14.1. The zero-order chi connectivity index (χ0) is 30.2. The highest BCUT2D eigenvalue weighted by atomic mass is 16.6. The van der Waals surface area contributed by atoms with Crippen molar-refractivity contribution >= 4 is 24.0 Å². The third-order valence-electron chi connectivity index (χ3n) is 8.41. The summed E-state index contributed by atoms with van der Waals surface area (Å²) in [7, 11) is 0. The van der Waals surface area contributed by atoms with Crippen LogP contribution in [0.5, 0.6) is 0 Å². The lowest BCUT2D eigenvalue weighted by molar-refractivity contribution is -0.136. The lowest BCUT2D eigenvalue weighted by Gasteiger charge is -2.28. The number of rotatable bonds is 12. The average Bonchev–Trinajstić information content (AvgIpc) is 3.58. The molecule has 0 radical (unpaired) electrons. The Kier molecular flexibility index (Phi) is 9.87. The number of benzene rings is 3. The Labute approximate surface area is 252 Å². The van der Waals surface area contributed by atoms with Crippen molar-refractivity contribution in [2.45, 2.75) is 57.5 Å². The molecule has 4 atom stereocenters. The minimum Gasteiger partial charge on any atom is -0.447 e. The maximum Gasteiger partial charge on any atom is 0.416 e. The average molecular weight is 583 g/mol. The van der Waals surface area contributed by atoms with Gasteiger partial charge in [-0.15, -0.1) is 0 Å². The lowest BCUT2D eigenvalue weighted by atomic mass is 9.87. The molecule has 2 fully saturated rings. The summed E-state index contributed by atoms with van der Waals surface area (Å²) in [4.78, 5) is 55.9. The molecule has 224 valence electrons. The summed E-state index contributed by atoms with van der Waals surface area (Å²) in [6, 6.07) is 28.3. The first-order valence-corrected chi connectivity index (χ1v) is 15.1. The highest BCUT2D eigenvalue weighted by molar-refractivity contribution is 5.96. The molecule has 0 N–H and O–H groups in total. The van der Waals surface area contributed by atoms with Gasteiger partial charge < -0.3 is 9.47 Å². The van der Waals surface area contributed by atoms with Gasteiger partial charge in [0.05, 0.1) is 12.1 Å². The number of carbonyl (C=O) groups is 4. The molecule has 0 saturated carbocycles. The van der Waals surface area contributed by atoms with Gasteiger partial charge in [-0.3, -0.25) is 9.59 Å². The largest absolute Gasteiger partial charge is 0.447 e. The number of hydrogen-bond donors (Lipinski definition) is 0. The number of amides is 4. The van der Waals surface area contributed by atoms with Gasteiger partial charge in [-0.1, -0.05) is 97.9 Å². The van der Waals surface area contributed by atoms with Crippen molar-refractivity contribution in [2.75, 3.05) is 13.2 Å². The Morgan fingerprint density at radius 1 is 0.651 bits per heavy atom. The van der Waals surface area contributed by atoms with Crippen LogP contribution in [0.2, 0.25) is 0 Å².